The van der Waals surface area contributed by atoms with Crippen molar-refractivity contribution in [2.45, 2.75) is 68.3 Å². The van der Waals surface area contributed by atoms with Crippen molar-refractivity contribution < 1.29 is 4.79 Å². The van der Waals surface area contributed by atoms with Crippen LogP contribution in [0, 0.1) is 22.7 Å². The summed E-state index contributed by atoms with van der Waals surface area (Å²) >= 11 is 1.20. The summed E-state index contributed by atoms with van der Waals surface area (Å²) in [6.45, 7) is 7.05. The Morgan fingerprint density at radius 3 is 2.37 bits per heavy atom. The number of aromatic nitrogens is 1. The molecule has 1 amide bonds. The Bertz CT molecular complexity index is 1150. The molecule has 2 N–H and O–H groups in total. The van der Waals surface area contributed by atoms with Gasteiger partial charge in [-0.25, -0.2) is 4.98 Å². The van der Waals surface area contributed by atoms with Crippen molar-refractivity contribution in [1.29, 1.82) is 10.5 Å². The maximum atomic E-state index is 12.4. The van der Waals surface area contributed by atoms with Gasteiger partial charge in [0, 0.05) is 25.2 Å². The van der Waals surface area contributed by atoms with Gasteiger partial charge in [0.05, 0.1) is 11.1 Å². The quantitative estimate of drug-likeness (QED) is 0.583. The molecule has 8 heteroatoms. The number of hydrogen-bond donors (Lipinski definition) is 1. The van der Waals surface area contributed by atoms with E-state index in [2.05, 4.69) is 28.9 Å². The molecule has 1 aromatic heterocycles. The Labute approximate surface area is 211 Å². The van der Waals surface area contributed by atoms with Crippen LogP contribution in [0.5, 0.6) is 0 Å². The summed E-state index contributed by atoms with van der Waals surface area (Å²) in [7, 11) is 0. The van der Waals surface area contributed by atoms with E-state index in [1.807, 2.05) is 37.3 Å². The van der Waals surface area contributed by atoms with Gasteiger partial charge in [0.25, 0.3) is 0 Å². The van der Waals surface area contributed by atoms with E-state index < -0.39 is 11.2 Å². The second-order valence-electron chi connectivity index (χ2n) is 9.30. The van der Waals surface area contributed by atoms with Crippen LogP contribution in [0.3, 0.4) is 0 Å². The smallest absolute Gasteiger partial charge is 0.235 e. The molecule has 2 unspecified atom stereocenters. The highest BCUT2D eigenvalue weighted by Crippen LogP contribution is 2.40. The lowest BCUT2D eigenvalue weighted by Gasteiger charge is -2.39. The first-order chi connectivity index (χ1) is 17.0. The van der Waals surface area contributed by atoms with Crippen LogP contribution in [0.4, 0.5) is 5.82 Å². The summed E-state index contributed by atoms with van der Waals surface area (Å²) in [5.41, 5.74) is 8.05. The molecule has 2 atom stereocenters. The highest BCUT2D eigenvalue weighted by Gasteiger charge is 2.33. The predicted molar refractivity (Wildman–Crippen MR) is 138 cm³/mol. The molecule has 182 valence electrons. The number of nitrogens with zero attached hydrogens (tertiary/aromatic N) is 5. The average molecular weight is 489 g/mol. The third-order valence-electron chi connectivity index (χ3n) is 7.25. The standard InChI is InChI=1S/C27H32N6OS/c1-3-21-22(16-28)26(32-14-11-20(12-15-32)33-13-7-8-18(33)2)31-27(23(21)17-29)35-24(25(30)34)19-9-5-4-6-10-19/h4-6,9-10,18,20,24H,3,7-8,11-15H2,1-2H3,(H2,30,34). The second-order valence-corrected chi connectivity index (χ2v) is 10.4. The van der Waals surface area contributed by atoms with Gasteiger partial charge >= 0.3 is 0 Å². The minimum Gasteiger partial charge on any atom is -0.368 e. The zero-order chi connectivity index (χ0) is 24.9. The SMILES string of the molecule is CCc1c(C#N)c(SC(C(N)=O)c2ccccc2)nc(N2CCC(N3CCCC3C)CC2)c1C#N. The fourth-order valence-electron chi connectivity index (χ4n) is 5.43. The van der Waals surface area contributed by atoms with E-state index >= 15 is 0 Å². The third kappa shape index (κ3) is 5.15. The van der Waals surface area contributed by atoms with Gasteiger partial charge in [-0.3, -0.25) is 9.69 Å². The van der Waals surface area contributed by atoms with Crippen molar-refractivity contribution in [1.82, 2.24) is 9.88 Å². The Morgan fingerprint density at radius 1 is 1.14 bits per heavy atom. The highest BCUT2D eigenvalue weighted by atomic mass is 32.2. The van der Waals surface area contributed by atoms with Crippen molar-refractivity contribution in [2.75, 3.05) is 24.5 Å². The monoisotopic (exact) mass is 488 g/mol. The van der Waals surface area contributed by atoms with Crippen LogP contribution in [-0.4, -0.2) is 47.5 Å². The van der Waals surface area contributed by atoms with Crippen molar-refractivity contribution in [2.24, 2.45) is 5.73 Å². The van der Waals surface area contributed by atoms with Crippen molar-refractivity contribution in [3.63, 3.8) is 0 Å². The van der Waals surface area contributed by atoms with Crippen LogP contribution >= 0.6 is 11.8 Å². The molecule has 0 radical (unpaired) electrons. The van der Waals surface area contributed by atoms with Crippen LogP contribution in [0.25, 0.3) is 0 Å². The lowest BCUT2D eigenvalue weighted by molar-refractivity contribution is -0.117. The molecule has 2 aliphatic rings. The predicted octanol–water partition coefficient (Wildman–Crippen LogP) is 4.16. The van der Waals surface area contributed by atoms with Crippen LogP contribution in [0.2, 0.25) is 0 Å². The summed E-state index contributed by atoms with van der Waals surface area (Å²) in [6, 6.07) is 15.1. The van der Waals surface area contributed by atoms with Crippen molar-refractivity contribution >= 4 is 23.5 Å². The zero-order valence-corrected chi connectivity index (χ0v) is 21.2. The molecule has 0 bridgehead atoms. The molecule has 35 heavy (non-hydrogen) atoms. The number of rotatable bonds is 7. The first-order valence-corrected chi connectivity index (χ1v) is 13.2. The molecule has 4 rings (SSSR count). The highest BCUT2D eigenvalue weighted by molar-refractivity contribution is 8.00. The molecular formula is C27H32N6OS. The molecule has 0 spiro atoms. The molecule has 2 saturated heterocycles. The summed E-state index contributed by atoms with van der Waals surface area (Å²) in [5.74, 6) is 0.131. The number of likely N-dealkylation sites (tertiary alicyclic amines) is 1. The van der Waals surface area contributed by atoms with Gasteiger partial charge in [0.15, 0.2) is 0 Å². The van der Waals surface area contributed by atoms with Gasteiger partial charge < -0.3 is 10.6 Å². The first kappa shape index (κ1) is 25.0. The molecular weight excluding hydrogens is 456 g/mol. The van der Waals surface area contributed by atoms with E-state index in [0.29, 0.717) is 46.0 Å². The fourth-order valence-corrected chi connectivity index (χ4v) is 6.49. The number of piperidine rings is 1. The molecule has 2 aromatic rings. The second kappa shape index (κ2) is 11.1. The van der Waals surface area contributed by atoms with Gasteiger partial charge in [-0.2, -0.15) is 10.5 Å². The van der Waals surface area contributed by atoms with Crippen LogP contribution in [0.1, 0.15) is 67.0 Å². The number of hydrogen-bond acceptors (Lipinski definition) is 7. The van der Waals surface area contributed by atoms with Gasteiger partial charge in [0.2, 0.25) is 5.91 Å². The first-order valence-electron chi connectivity index (χ1n) is 12.4. The molecule has 7 nitrogen and oxygen atoms in total. The van der Waals surface area contributed by atoms with Crippen molar-refractivity contribution in [3.8, 4) is 12.1 Å². The molecule has 2 aliphatic heterocycles. The summed E-state index contributed by atoms with van der Waals surface area (Å²) in [4.78, 5) is 22.0. The number of nitrogens with two attached hydrogens (primary N) is 1. The molecule has 1 aromatic carbocycles. The number of carbonyl (C=O) groups is 1. The number of benzene rings is 1. The summed E-state index contributed by atoms with van der Waals surface area (Å²) in [6.07, 6.45) is 5.10. The minimum atomic E-state index is -0.677. The van der Waals surface area contributed by atoms with E-state index in [-0.39, 0.29) is 0 Å². The fraction of sp³-hybridized carbons (Fsp3) is 0.481. The van der Waals surface area contributed by atoms with Gasteiger partial charge in [-0.15, -0.1) is 0 Å². The van der Waals surface area contributed by atoms with Crippen LogP contribution in [-0.2, 0) is 11.2 Å². The van der Waals surface area contributed by atoms with Crippen LogP contribution in [0.15, 0.2) is 35.4 Å². The van der Waals surface area contributed by atoms with E-state index in [0.717, 1.165) is 31.5 Å². The number of carbonyl (C=O) groups excluding carboxylic acids is 1. The minimum absolute atomic E-state index is 0.362. The van der Waals surface area contributed by atoms with E-state index in [1.54, 1.807) is 0 Å². The number of primary amides is 1. The topological polar surface area (TPSA) is 110 Å². The summed E-state index contributed by atoms with van der Waals surface area (Å²) in [5, 5.41) is 19.9. The van der Waals surface area contributed by atoms with Gasteiger partial charge in [0.1, 0.15) is 28.2 Å². The van der Waals surface area contributed by atoms with E-state index in [1.165, 1.54) is 31.1 Å². The van der Waals surface area contributed by atoms with Gasteiger partial charge in [-0.1, -0.05) is 49.0 Å². The Kier molecular flexibility index (Phi) is 7.95. The maximum absolute atomic E-state index is 12.4. The lowest BCUT2D eigenvalue weighted by atomic mass is 9.99. The number of amides is 1. The van der Waals surface area contributed by atoms with Gasteiger partial charge in [-0.05, 0) is 56.7 Å². The Hall–Kier alpha value is -3.07. The maximum Gasteiger partial charge on any atom is 0.235 e. The Balaban J connectivity index is 1.68. The number of thioether (sulfide) groups is 1. The van der Waals surface area contributed by atoms with Crippen molar-refractivity contribution in [3.05, 3.63) is 52.6 Å². The number of anilines is 1. The molecule has 0 aliphatic carbocycles. The Morgan fingerprint density at radius 2 is 1.83 bits per heavy atom. The molecule has 0 saturated carbocycles. The lowest BCUT2D eigenvalue weighted by Crippen LogP contribution is -2.46. The number of pyridine rings is 1. The third-order valence-corrected chi connectivity index (χ3v) is 8.51. The normalized spacial score (nSPS) is 19.8. The van der Waals surface area contributed by atoms with E-state index in [4.69, 9.17) is 10.7 Å². The summed E-state index contributed by atoms with van der Waals surface area (Å²) < 4.78 is 0. The average Bonchev–Trinajstić information content (AvgIpc) is 3.32. The zero-order valence-electron chi connectivity index (χ0n) is 20.4. The number of nitriles is 2. The van der Waals surface area contributed by atoms with Crippen LogP contribution < -0.4 is 10.6 Å². The molecule has 2 fully saturated rings. The molecule has 3 heterocycles. The largest absolute Gasteiger partial charge is 0.368 e. The van der Waals surface area contributed by atoms with E-state index in [9.17, 15) is 15.3 Å².